The molecule has 2 aromatic rings. The van der Waals surface area contributed by atoms with Gasteiger partial charge < -0.3 is 14.2 Å². The summed E-state index contributed by atoms with van der Waals surface area (Å²) >= 11 is 0. The van der Waals surface area contributed by atoms with Crippen LogP contribution < -0.4 is 9.46 Å². The Kier molecular flexibility index (Phi) is 6.30. The van der Waals surface area contributed by atoms with Crippen molar-refractivity contribution >= 4 is 15.9 Å². The summed E-state index contributed by atoms with van der Waals surface area (Å²) in [5.41, 5.74) is 0. The number of benzene rings is 1. The van der Waals surface area contributed by atoms with Crippen LogP contribution in [0.1, 0.15) is 38.1 Å². The fraction of sp³-hybridized carbons (Fsp3) is 0.500. The predicted molar refractivity (Wildman–Crippen MR) is 102 cm³/mol. The van der Waals surface area contributed by atoms with E-state index in [-0.39, 0.29) is 29.8 Å². The number of hydrogen-bond donors (Lipinski definition) is 1. The van der Waals surface area contributed by atoms with Crippen molar-refractivity contribution in [3.05, 3.63) is 36.4 Å². The van der Waals surface area contributed by atoms with E-state index in [1.807, 2.05) is 18.5 Å². The molecule has 1 aliphatic heterocycles. The highest BCUT2D eigenvalue weighted by Gasteiger charge is 2.32. The summed E-state index contributed by atoms with van der Waals surface area (Å²) in [5, 5.41) is 7.99. The number of rotatable bonds is 8. The second kappa shape index (κ2) is 8.70. The number of likely N-dealkylation sites (tertiary alicyclic amines) is 1. The van der Waals surface area contributed by atoms with Crippen LogP contribution in [-0.4, -0.2) is 53.7 Å². The Morgan fingerprint density at radius 3 is 2.71 bits per heavy atom. The Bertz CT molecular complexity index is 910. The average molecular weight is 407 g/mol. The molecule has 1 fully saturated rings. The zero-order valence-electron chi connectivity index (χ0n) is 16.0. The van der Waals surface area contributed by atoms with Gasteiger partial charge in [-0.05, 0) is 44.0 Å². The minimum atomic E-state index is -3.68. The first-order valence-corrected chi connectivity index (χ1v) is 10.8. The minimum absolute atomic E-state index is 0.0381. The van der Waals surface area contributed by atoms with E-state index in [2.05, 4.69) is 14.9 Å². The van der Waals surface area contributed by atoms with Crippen LogP contribution in [0.2, 0.25) is 0 Å². The van der Waals surface area contributed by atoms with Crippen LogP contribution in [0.5, 0.6) is 5.75 Å². The lowest BCUT2D eigenvalue weighted by Crippen LogP contribution is -2.35. The monoisotopic (exact) mass is 407 g/mol. The van der Waals surface area contributed by atoms with Crippen LogP contribution in [0.25, 0.3) is 0 Å². The van der Waals surface area contributed by atoms with Crippen molar-refractivity contribution in [1.82, 2.24) is 24.4 Å². The molecule has 0 aliphatic carbocycles. The van der Waals surface area contributed by atoms with E-state index in [1.54, 1.807) is 23.4 Å². The standard InChI is InChI=1S/C18H25N5O4S/c1-3-27-14-6-8-15(9-7-14)28(25,26)20-11-10-17(24)23-12-4-5-16(23)18-21-19-13-22(18)2/h6-9,13,16,20H,3-5,10-12H2,1-2H3. The lowest BCUT2D eigenvalue weighted by Gasteiger charge is -2.24. The molecule has 9 nitrogen and oxygen atoms in total. The molecule has 1 aliphatic rings. The normalized spacial score (nSPS) is 17.1. The summed E-state index contributed by atoms with van der Waals surface area (Å²) in [6.45, 7) is 3.05. The first-order chi connectivity index (χ1) is 13.4. The number of carbonyl (C=O) groups excluding carboxylic acids is 1. The molecule has 1 aromatic carbocycles. The molecule has 0 saturated carbocycles. The van der Waals surface area contributed by atoms with Gasteiger partial charge >= 0.3 is 0 Å². The van der Waals surface area contributed by atoms with Crippen molar-refractivity contribution in [1.29, 1.82) is 0 Å². The van der Waals surface area contributed by atoms with Gasteiger partial charge in [-0.2, -0.15) is 0 Å². The van der Waals surface area contributed by atoms with Crippen LogP contribution in [-0.2, 0) is 21.9 Å². The van der Waals surface area contributed by atoms with Crippen LogP contribution in [0.4, 0.5) is 0 Å². The average Bonchev–Trinajstić information content (AvgIpc) is 3.30. The van der Waals surface area contributed by atoms with Gasteiger partial charge in [0.1, 0.15) is 12.1 Å². The minimum Gasteiger partial charge on any atom is -0.494 e. The Balaban J connectivity index is 1.56. The molecule has 0 spiro atoms. The SMILES string of the molecule is CCOc1ccc(S(=O)(=O)NCCC(=O)N2CCCC2c2nncn2C)cc1. The topological polar surface area (TPSA) is 106 Å². The largest absolute Gasteiger partial charge is 0.494 e. The zero-order chi connectivity index (χ0) is 20.1. The smallest absolute Gasteiger partial charge is 0.240 e. The van der Waals surface area contributed by atoms with Gasteiger partial charge in [-0.15, -0.1) is 10.2 Å². The van der Waals surface area contributed by atoms with E-state index >= 15 is 0 Å². The van der Waals surface area contributed by atoms with Gasteiger partial charge in [0.2, 0.25) is 15.9 Å². The molecule has 1 N–H and O–H groups in total. The fourth-order valence-corrected chi connectivity index (χ4v) is 4.36. The molecular formula is C18H25N5O4S. The summed E-state index contributed by atoms with van der Waals surface area (Å²) in [6.07, 6.45) is 3.42. The number of sulfonamides is 1. The van der Waals surface area contributed by atoms with E-state index in [4.69, 9.17) is 4.74 Å². The van der Waals surface area contributed by atoms with Crippen molar-refractivity contribution in [3.63, 3.8) is 0 Å². The Hall–Kier alpha value is -2.46. The van der Waals surface area contributed by atoms with Crippen molar-refractivity contribution in [2.75, 3.05) is 19.7 Å². The quantitative estimate of drug-likeness (QED) is 0.706. The number of hydrogen-bond acceptors (Lipinski definition) is 6. The second-order valence-electron chi connectivity index (χ2n) is 6.60. The molecule has 1 amide bonds. The molecule has 0 radical (unpaired) electrons. The van der Waals surface area contributed by atoms with Gasteiger partial charge in [-0.1, -0.05) is 0 Å². The second-order valence-corrected chi connectivity index (χ2v) is 8.36. The molecule has 1 unspecified atom stereocenters. The summed E-state index contributed by atoms with van der Waals surface area (Å²) in [7, 11) is -1.83. The summed E-state index contributed by atoms with van der Waals surface area (Å²) in [4.78, 5) is 14.5. The first kappa shape index (κ1) is 20.3. The Labute approximate surface area is 164 Å². The van der Waals surface area contributed by atoms with Crippen LogP contribution in [0, 0.1) is 0 Å². The Morgan fingerprint density at radius 1 is 1.32 bits per heavy atom. The van der Waals surface area contributed by atoms with Crippen LogP contribution in [0.3, 0.4) is 0 Å². The highest BCUT2D eigenvalue weighted by Crippen LogP contribution is 2.30. The molecule has 28 heavy (non-hydrogen) atoms. The Morgan fingerprint density at radius 2 is 2.07 bits per heavy atom. The molecule has 0 bridgehead atoms. The number of ether oxygens (including phenoxy) is 1. The third kappa shape index (κ3) is 4.50. The number of nitrogens with one attached hydrogen (secondary N) is 1. The van der Waals surface area contributed by atoms with E-state index in [0.717, 1.165) is 18.7 Å². The molecule has 10 heteroatoms. The van der Waals surface area contributed by atoms with Crippen molar-refractivity contribution in [2.24, 2.45) is 7.05 Å². The van der Waals surface area contributed by atoms with Crippen LogP contribution in [0.15, 0.2) is 35.5 Å². The molecular weight excluding hydrogens is 382 g/mol. The number of aromatic nitrogens is 3. The van der Waals surface area contributed by atoms with Gasteiger partial charge in [-0.25, -0.2) is 13.1 Å². The van der Waals surface area contributed by atoms with Crippen molar-refractivity contribution < 1.29 is 17.9 Å². The van der Waals surface area contributed by atoms with Crippen molar-refractivity contribution in [3.8, 4) is 5.75 Å². The highest BCUT2D eigenvalue weighted by atomic mass is 32.2. The maximum Gasteiger partial charge on any atom is 0.240 e. The molecule has 1 aromatic heterocycles. The highest BCUT2D eigenvalue weighted by molar-refractivity contribution is 7.89. The maximum absolute atomic E-state index is 12.6. The summed E-state index contributed by atoms with van der Waals surface area (Å²) in [5.74, 6) is 1.26. The fourth-order valence-electron chi connectivity index (χ4n) is 3.33. The van der Waals surface area contributed by atoms with E-state index in [9.17, 15) is 13.2 Å². The van der Waals surface area contributed by atoms with Crippen molar-refractivity contribution in [2.45, 2.75) is 37.1 Å². The number of aryl methyl sites for hydroxylation is 1. The van der Waals surface area contributed by atoms with Gasteiger partial charge in [0.15, 0.2) is 5.82 Å². The zero-order valence-corrected chi connectivity index (χ0v) is 16.9. The summed E-state index contributed by atoms with van der Waals surface area (Å²) < 4.78 is 34.4. The molecule has 2 heterocycles. The molecule has 3 rings (SSSR count). The third-order valence-electron chi connectivity index (χ3n) is 4.69. The number of amides is 1. The molecule has 1 saturated heterocycles. The predicted octanol–water partition coefficient (Wildman–Crippen LogP) is 1.25. The first-order valence-electron chi connectivity index (χ1n) is 9.28. The maximum atomic E-state index is 12.6. The van der Waals surface area contributed by atoms with Gasteiger partial charge in [0.25, 0.3) is 0 Å². The number of carbonyl (C=O) groups is 1. The molecule has 1 atom stereocenters. The van der Waals surface area contributed by atoms with E-state index in [1.165, 1.54) is 12.1 Å². The van der Waals surface area contributed by atoms with Gasteiger partial charge in [0, 0.05) is 26.6 Å². The lowest BCUT2D eigenvalue weighted by molar-refractivity contribution is -0.132. The van der Waals surface area contributed by atoms with E-state index in [0.29, 0.717) is 18.9 Å². The lowest BCUT2D eigenvalue weighted by atomic mass is 10.2. The van der Waals surface area contributed by atoms with E-state index < -0.39 is 10.0 Å². The van der Waals surface area contributed by atoms with Gasteiger partial charge in [0.05, 0.1) is 17.5 Å². The van der Waals surface area contributed by atoms with Crippen LogP contribution >= 0.6 is 0 Å². The molecule has 152 valence electrons. The third-order valence-corrected chi connectivity index (χ3v) is 6.17. The van der Waals surface area contributed by atoms with Gasteiger partial charge in [-0.3, -0.25) is 4.79 Å². The summed E-state index contributed by atoms with van der Waals surface area (Å²) in [6, 6.07) is 6.08. The number of nitrogens with zero attached hydrogens (tertiary/aromatic N) is 4.